The van der Waals surface area contributed by atoms with Crippen LogP contribution in [0.5, 0.6) is 11.5 Å². The second-order valence-corrected chi connectivity index (χ2v) is 3.92. The maximum absolute atomic E-state index is 13.3. The molecule has 0 unspecified atom stereocenters. The molecule has 3 nitrogen and oxygen atoms in total. The third kappa shape index (κ3) is 2.57. The highest BCUT2D eigenvalue weighted by Crippen LogP contribution is 2.35. The van der Waals surface area contributed by atoms with Gasteiger partial charge in [0.2, 0.25) is 0 Å². The first-order valence-corrected chi connectivity index (χ1v) is 5.66. The highest BCUT2D eigenvalue weighted by molar-refractivity contribution is 5.89. The normalized spacial score (nSPS) is 10.1. The van der Waals surface area contributed by atoms with Gasteiger partial charge in [-0.1, -0.05) is 12.1 Å². The molecule has 0 aromatic heterocycles. The number of carbonyl (C=O) groups excluding carboxylic acids is 1. The van der Waals surface area contributed by atoms with Gasteiger partial charge in [-0.2, -0.15) is 0 Å². The molecule has 0 aliphatic heterocycles. The molecule has 0 saturated carbocycles. The van der Waals surface area contributed by atoms with E-state index in [2.05, 4.69) is 0 Å². The van der Waals surface area contributed by atoms with Crippen molar-refractivity contribution in [3.63, 3.8) is 0 Å². The van der Waals surface area contributed by atoms with Crippen LogP contribution in [-0.2, 0) is 0 Å². The molecular weight excluding hydrogens is 247 g/mol. The molecule has 98 valence electrons. The summed E-state index contributed by atoms with van der Waals surface area (Å²) in [6, 6.07) is 9.29. The van der Waals surface area contributed by atoms with Crippen molar-refractivity contribution in [2.24, 2.45) is 0 Å². The zero-order valence-electron chi connectivity index (χ0n) is 10.6. The van der Waals surface area contributed by atoms with Gasteiger partial charge < -0.3 is 9.47 Å². The van der Waals surface area contributed by atoms with Gasteiger partial charge in [0.25, 0.3) is 0 Å². The molecule has 0 aliphatic rings. The van der Waals surface area contributed by atoms with E-state index in [0.717, 1.165) is 0 Å². The minimum Gasteiger partial charge on any atom is -0.493 e. The molecule has 0 radical (unpaired) electrons. The number of benzene rings is 2. The summed E-state index contributed by atoms with van der Waals surface area (Å²) in [5.74, 6) is 0.598. The second-order valence-electron chi connectivity index (χ2n) is 3.92. The van der Waals surface area contributed by atoms with E-state index < -0.39 is 0 Å². The molecule has 0 aliphatic carbocycles. The Morgan fingerprint density at radius 1 is 1.05 bits per heavy atom. The van der Waals surface area contributed by atoms with Crippen LogP contribution in [0.3, 0.4) is 0 Å². The number of hydrogen-bond donors (Lipinski definition) is 0. The maximum Gasteiger partial charge on any atom is 0.161 e. The predicted molar refractivity (Wildman–Crippen MR) is 70.3 cm³/mol. The zero-order chi connectivity index (χ0) is 13.8. The highest BCUT2D eigenvalue weighted by atomic mass is 19.1. The van der Waals surface area contributed by atoms with Crippen LogP contribution in [0.25, 0.3) is 11.1 Å². The molecule has 0 N–H and O–H groups in total. The van der Waals surface area contributed by atoms with Crippen molar-refractivity contribution in [1.82, 2.24) is 0 Å². The summed E-state index contributed by atoms with van der Waals surface area (Å²) >= 11 is 0. The summed E-state index contributed by atoms with van der Waals surface area (Å²) in [5.41, 5.74) is 1.64. The van der Waals surface area contributed by atoms with Gasteiger partial charge in [0.15, 0.2) is 17.8 Å². The topological polar surface area (TPSA) is 35.5 Å². The molecule has 0 atom stereocenters. The van der Waals surface area contributed by atoms with Crippen LogP contribution in [-0.4, -0.2) is 20.5 Å². The van der Waals surface area contributed by atoms with Crippen molar-refractivity contribution in [2.45, 2.75) is 0 Å². The van der Waals surface area contributed by atoms with E-state index >= 15 is 0 Å². The Bertz CT molecular complexity index is 608. The lowest BCUT2D eigenvalue weighted by atomic mass is 9.99. The van der Waals surface area contributed by atoms with E-state index in [1.165, 1.54) is 26.4 Å². The number of aldehydes is 1. The molecule has 2 aromatic rings. The van der Waals surface area contributed by atoms with Crippen molar-refractivity contribution < 1.29 is 18.7 Å². The number of hydrogen-bond acceptors (Lipinski definition) is 3. The molecular formula is C15H13FO3. The smallest absolute Gasteiger partial charge is 0.161 e. The first-order valence-electron chi connectivity index (χ1n) is 5.66. The van der Waals surface area contributed by atoms with Gasteiger partial charge in [-0.05, 0) is 35.4 Å². The van der Waals surface area contributed by atoms with Gasteiger partial charge in [-0.15, -0.1) is 0 Å². The monoisotopic (exact) mass is 260 g/mol. The molecule has 2 aromatic carbocycles. The summed E-state index contributed by atoms with van der Waals surface area (Å²) in [7, 11) is 3.00. The van der Waals surface area contributed by atoms with Gasteiger partial charge in [-0.25, -0.2) is 4.39 Å². The van der Waals surface area contributed by atoms with Gasteiger partial charge in [0.05, 0.1) is 14.2 Å². The lowest BCUT2D eigenvalue weighted by Gasteiger charge is -2.12. The van der Waals surface area contributed by atoms with Gasteiger partial charge in [0, 0.05) is 5.56 Å². The van der Waals surface area contributed by atoms with Crippen molar-refractivity contribution in [3.05, 3.63) is 47.8 Å². The van der Waals surface area contributed by atoms with Crippen molar-refractivity contribution in [2.75, 3.05) is 14.2 Å². The van der Waals surface area contributed by atoms with Crippen molar-refractivity contribution in [1.29, 1.82) is 0 Å². The Kier molecular flexibility index (Phi) is 3.80. The van der Waals surface area contributed by atoms with Gasteiger partial charge >= 0.3 is 0 Å². The number of carbonyl (C=O) groups is 1. The molecule has 0 saturated heterocycles. The summed E-state index contributed by atoms with van der Waals surface area (Å²) in [6.45, 7) is 0. The predicted octanol–water partition coefficient (Wildman–Crippen LogP) is 3.32. The number of halogens is 1. The van der Waals surface area contributed by atoms with E-state index in [4.69, 9.17) is 9.47 Å². The van der Waals surface area contributed by atoms with Crippen LogP contribution >= 0.6 is 0 Å². The van der Waals surface area contributed by atoms with Crippen molar-refractivity contribution >= 4 is 6.29 Å². The summed E-state index contributed by atoms with van der Waals surface area (Å²) in [5, 5.41) is 0. The van der Waals surface area contributed by atoms with Gasteiger partial charge in [-0.3, -0.25) is 4.79 Å². The number of methoxy groups -OCH3 is 2. The molecule has 0 bridgehead atoms. The molecule has 4 heteroatoms. The molecule has 2 rings (SSSR count). The quantitative estimate of drug-likeness (QED) is 0.791. The summed E-state index contributed by atoms with van der Waals surface area (Å²) in [4.78, 5) is 11.2. The molecule has 0 spiro atoms. The Hall–Kier alpha value is -2.36. The van der Waals surface area contributed by atoms with Crippen LogP contribution in [0.15, 0.2) is 36.4 Å². The van der Waals surface area contributed by atoms with Crippen LogP contribution in [0.1, 0.15) is 10.4 Å². The van der Waals surface area contributed by atoms with E-state index in [9.17, 15) is 9.18 Å². The lowest BCUT2D eigenvalue weighted by molar-refractivity contribution is 0.112. The average molecular weight is 260 g/mol. The maximum atomic E-state index is 13.3. The summed E-state index contributed by atoms with van der Waals surface area (Å²) in [6.07, 6.45) is 0.711. The Balaban J connectivity index is 2.65. The zero-order valence-corrected chi connectivity index (χ0v) is 10.6. The number of ether oxygens (including phenoxy) is 2. The number of rotatable bonds is 4. The van der Waals surface area contributed by atoms with Crippen LogP contribution in [0.2, 0.25) is 0 Å². The fourth-order valence-corrected chi connectivity index (χ4v) is 1.90. The Labute approximate surface area is 110 Å². The van der Waals surface area contributed by atoms with E-state index in [1.807, 2.05) is 0 Å². The van der Waals surface area contributed by atoms with E-state index in [0.29, 0.717) is 34.5 Å². The molecule has 19 heavy (non-hydrogen) atoms. The van der Waals surface area contributed by atoms with E-state index in [-0.39, 0.29) is 5.82 Å². The molecule has 0 fully saturated rings. The van der Waals surface area contributed by atoms with Gasteiger partial charge in [0.1, 0.15) is 5.82 Å². The SMILES string of the molecule is COc1cc(C=O)c(-c2cccc(F)c2)cc1OC. The minimum atomic E-state index is -0.357. The Morgan fingerprint density at radius 2 is 1.74 bits per heavy atom. The Morgan fingerprint density at radius 3 is 2.32 bits per heavy atom. The highest BCUT2D eigenvalue weighted by Gasteiger charge is 2.12. The standard InChI is InChI=1S/C15H13FO3/c1-18-14-7-11(9-17)13(8-15(14)19-2)10-4-3-5-12(16)6-10/h3-9H,1-2H3. The van der Waals surface area contributed by atoms with E-state index in [1.54, 1.807) is 24.3 Å². The third-order valence-electron chi connectivity index (χ3n) is 2.82. The van der Waals surface area contributed by atoms with Crippen LogP contribution < -0.4 is 9.47 Å². The first kappa shape index (κ1) is 13.1. The lowest BCUT2D eigenvalue weighted by Crippen LogP contribution is -1.95. The first-order chi connectivity index (χ1) is 9.19. The molecule has 0 amide bonds. The fourth-order valence-electron chi connectivity index (χ4n) is 1.90. The minimum absolute atomic E-state index is 0.357. The van der Waals surface area contributed by atoms with Crippen LogP contribution in [0, 0.1) is 5.82 Å². The average Bonchev–Trinajstić information content (AvgIpc) is 2.45. The largest absolute Gasteiger partial charge is 0.493 e. The van der Waals surface area contributed by atoms with Crippen LogP contribution in [0.4, 0.5) is 4.39 Å². The third-order valence-corrected chi connectivity index (χ3v) is 2.82. The molecule has 0 heterocycles. The summed E-state index contributed by atoms with van der Waals surface area (Å²) < 4.78 is 23.6. The second kappa shape index (κ2) is 5.52. The fraction of sp³-hybridized carbons (Fsp3) is 0.133. The van der Waals surface area contributed by atoms with Crippen molar-refractivity contribution in [3.8, 4) is 22.6 Å².